The van der Waals surface area contributed by atoms with Crippen LogP contribution in [0.3, 0.4) is 0 Å². The van der Waals surface area contributed by atoms with Crippen molar-refractivity contribution in [1.82, 2.24) is 9.80 Å². The second-order valence-electron chi connectivity index (χ2n) is 10.4. The quantitative estimate of drug-likeness (QED) is 0.758. The maximum Gasteiger partial charge on any atom is 0.245 e. The molecular weight excluding hydrogens is 324 g/mol. The maximum absolute atomic E-state index is 13.7. The molecule has 4 bridgehead atoms. The minimum absolute atomic E-state index is 0.103. The fraction of sp³-hybridized carbons (Fsp3) is 0.909. The number of hydrogen-bond donors (Lipinski definition) is 0. The van der Waals surface area contributed by atoms with E-state index in [1.165, 1.54) is 19.3 Å². The zero-order valence-corrected chi connectivity index (χ0v) is 16.3. The van der Waals surface area contributed by atoms with Crippen molar-refractivity contribution >= 4 is 11.8 Å². The van der Waals surface area contributed by atoms with Crippen LogP contribution in [0.2, 0.25) is 0 Å². The highest BCUT2D eigenvalue weighted by atomic mass is 16.2. The second-order valence-corrected chi connectivity index (χ2v) is 10.4. The molecule has 4 aliphatic carbocycles. The molecule has 0 aromatic heterocycles. The van der Waals surface area contributed by atoms with Crippen LogP contribution in [0.25, 0.3) is 0 Å². The molecule has 1 unspecified atom stereocenters. The maximum atomic E-state index is 13.7. The van der Waals surface area contributed by atoms with Crippen LogP contribution >= 0.6 is 0 Å². The molecule has 2 aliphatic heterocycles. The predicted molar refractivity (Wildman–Crippen MR) is 100 cm³/mol. The Morgan fingerprint density at radius 3 is 2.00 bits per heavy atom. The summed E-state index contributed by atoms with van der Waals surface area (Å²) in [7, 11) is 0. The first-order chi connectivity index (χ1) is 12.5. The number of likely N-dealkylation sites (tertiary alicyclic amines) is 2. The van der Waals surface area contributed by atoms with Crippen molar-refractivity contribution in [2.24, 2.45) is 29.1 Å². The van der Waals surface area contributed by atoms with Gasteiger partial charge in [0, 0.05) is 19.6 Å². The Morgan fingerprint density at radius 2 is 1.42 bits per heavy atom. The van der Waals surface area contributed by atoms with Gasteiger partial charge in [-0.25, -0.2) is 0 Å². The SMILES string of the molecule is CC1CCN(C(=O)C2CCCN2C(=O)C23CC4CC(CC(C4)C2)C3)CC1. The van der Waals surface area contributed by atoms with E-state index in [2.05, 4.69) is 11.8 Å². The van der Waals surface area contributed by atoms with Gasteiger partial charge in [0.1, 0.15) is 6.04 Å². The molecular formula is C22H34N2O2. The van der Waals surface area contributed by atoms with Crippen LogP contribution in [0.1, 0.15) is 71.1 Å². The van der Waals surface area contributed by atoms with Crippen molar-refractivity contribution in [3.05, 3.63) is 0 Å². The highest BCUT2D eigenvalue weighted by molar-refractivity contribution is 5.91. The molecule has 0 aromatic carbocycles. The molecule has 6 rings (SSSR count). The highest BCUT2D eigenvalue weighted by Crippen LogP contribution is 2.60. The summed E-state index contributed by atoms with van der Waals surface area (Å²) in [5, 5.41) is 0. The molecule has 2 saturated heterocycles. The van der Waals surface area contributed by atoms with Gasteiger partial charge in [0.2, 0.25) is 11.8 Å². The third kappa shape index (κ3) is 2.70. The molecule has 0 spiro atoms. The average molecular weight is 359 g/mol. The first-order valence-electron chi connectivity index (χ1n) is 11.1. The molecule has 26 heavy (non-hydrogen) atoms. The first-order valence-corrected chi connectivity index (χ1v) is 11.1. The molecule has 0 aromatic rings. The lowest BCUT2D eigenvalue weighted by Gasteiger charge is -2.56. The third-order valence-corrected chi connectivity index (χ3v) is 8.39. The normalized spacial score (nSPS) is 42.5. The van der Waals surface area contributed by atoms with Gasteiger partial charge < -0.3 is 9.80 Å². The number of nitrogens with zero attached hydrogens (tertiary/aromatic N) is 2. The lowest BCUT2D eigenvalue weighted by molar-refractivity contribution is -0.162. The van der Waals surface area contributed by atoms with Crippen LogP contribution in [0, 0.1) is 29.1 Å². The van der Waals surface area contributed by atoms with Gasteiger partial charge in [-0.05, 0) is 87.9 Å². The fourth-order valence-electron chi connectivity index (χ4n) is 7.38. The molecule has 2 amide bonds. The Morgan fingerprint density at radius 1 is 0.846 bits per heavy atom. The van der Waals surface area contributed by atoms with Crippen LogP contribution in [0.15, 0.2) is 0 Å². The van der Waals surface area contributed by atoms with E-state index in [1.807, 2.05) is 4.90 Å². The first kappa shape index (κ1) is 17.1. The van der Waals surface area contributed by atoms with E-state index >= 15 is 0 Å². The van der Waals surface area contributed by atoms with Gasteiger partial charge in [-0.15, -0.1) is 0 Å². The van der Waals surface area contributed by atoms with Crippen LogP contribution in [-0.4, -0.2) is 47.3 Å². The second kappa shape index (κ2) is 6.24. The van der Waals surface area contributed by atoms with E-state index in [9.17, 15) is 9.59 Å². The van der Waals surface area contributed by atoms with Crippen molar-refractivity contribution in [3.8, 4) is 0 Å². The van der Waals surface area contributed by atoms with Gasteiger partial charge in [0.25, 0.3) is 0 Å². The third-order valence-electron chi connectivity index (χ3n) is 8.39. The topological polar surface area (TPSA) is 40.6 Å². The minimum Gasteiger partial charge on any atom is -0.341 e. The van der Waals surface area contributed by atoms with E-state index in [0.717, 1.165) is 88.3 Å². The van der Waals surface area contributed by atoms with Crippen molar-refractivity contribution in [2.45, 2.75) is 77.2 Å². The number of carbonyl (C=O) groups is 2. The van der Waals surface area contributed by atoms with E-state index in [-0.39, 0.29) is 17.4 Å². The summed E-state index contributed by atoms with van der Waals surface area (Å²) in [5.74, 6) is 3.68. The average Bonchev–Trinajstić information content (AvgIpc) is 3.09. The van der Waals surface area contributed by atoms with Gasteiger partial charge in [-0.2, -0.15) is 0 Å². The standard InChI is InChI=1S/C22H34N2O2/c1-15-4-7-23(8-5-15)20(25)19-3-2-6-24(19)21(26)22-12-16-9-17(13-22)11-18(10-16)14-22/h15-19H,2-14H2,1H3. The van der Waals surface area contributed by atoms with Gasteiger partial charge in [-0.3, -0.25) is 9.59 Å². The van der Waals surface area contributed by atoms with Crippen molar-refractivity contribution in [3.63, 3.8) is 0 Å². The minimum atomic E-state index is -0.163. The summed E-state index contributed by atoms with van der Waals surface area (Å²) in [6.07, 6.45) is 11.5. The summed E-state index contributed by atoms with van der Waals surface area (Å²) in [6.45, 7) is 4.85. The summed E-state index contributed by atoms with van der Waals surface area (Å²) in [5.41, 5.74) is -0.103. The molecule has 2 heterocycles. The van der Waals surface area contributed by atoms with Crippen LogP contribution < -0.4 is 0 Å². The number of hydrogen-bond acceptors (Lipinski definition) is 2. The Labute approximate surface area is 157 Å². The zero-order valence-electron chi connectivity index (χ0n) is 16.3. The Kier molecular flexibility index (Phi) is 4.09. The van der Waals surface area contributed by atoms with Crippen LogP contribution in [0.4, 0.5) is 0 Å². The predicted octanol–water partition coefficient (Wildman–Crippen LogP) is 3.45. The van der Waals surface area contributed by atoms with Crippen LogP contribution in [0.5, 0.6) is 0 Å². The molecule has 4 heteroatoms. The van der Waals surface area contributed by atoms with E-state index < -0.39 is 0 Å². The molecule has 6 aliphatic rings. The molecule has 144 valence electrons. The Balaban J connectivity index is 1.32. The molecule has 0 radical (unpaired) electrons. The summed E-state index contributed by atoms with van der Waals surface area (Å²) >= 11 is 0. The summed E-state index contributed by atoms with van der Waals surface area (Å²) in [4.78, 5) is 31.0. The van der Waals surface area contributed by atoms with E-state index in [0.29, 0.717) is 5.91 Å². The van der Waals surface area contributed by atoms with Gasteiger partial charge in [0.15, 0.2) is 0 Å². The van der Waals surface area contributed by atoms with Gasteiger partial charge in [-0.1, -0.05) is 6.92 Å². The molecule has 4 nitrogen and oxygen atoms in total. The lowest BCUT2D eigenvalue weighted by atomic mass is 9.49. The van der Waals surface area contributed by atoms with E-state index in [4.69, 9.17) is 0 Å². The summed E-state index contributed by atoms with van der Waals surface area (Å²) < 4.78 is 0. The Bertz CT molecular complexity index is 558. The van der Waals surface area contributed by atoms with E-state index in [1.54, 1.807) is 0 Å². The van der Waals surface area contributed by atoms with Gasteiger partial charge in [0.05, 0.1) is 5.41 Å². The van der Waals surface area contributed by atoms with Crippen molar-refractivity contribution in [1.29, 1.82) is 0 Å². The molecule has 1 atom stereocenters. The number of carbonyl (C=O) groups excluding carboxylic acids is 2. The Hall–Kier alpha value is -1.06. The highest BCUT2D eigenvalue weighted by Gasteiger charge is 2.57. The lowest BCUT2D eigenvalue weighted by Crippen LogP contribution is -2.57. The van der Waals surface area contributed by atoms with Crippen molar-refractivity contribution in [2.75, 3.05) is 19.6 Å². The molecule has 6 fully saturated rings. The summed E-state index contributed by atoms with van der Waals surface area (Å²) in [6, 6.07) is -0.163. The molecule has 0 N–H and O–H groups in total. The van der Waals surface area contributed by atoms with Crippen LogP contribution in [-0.2, 0) is 9.59 Å². The van der Waals surface area contributed by atoms with Gasteiger partial charge >= 0.3 is 0 Å². The fourth-order valence-corrected chi connectivity index (χ4v) is 7.38. The number of rotatable bonds is 2. The smallest absolute Gasteiger partial charge is 0.245 e. The zero-order chi connectivity index (χ0) is 17.9. The largest absolute Gasteiger partial charge is 0.341 e. The van der Waals surface area contributed by atoms with Crippen molar-refractivity contribution < 1.29 is 9.59 Å². The molecule has 4 saturated carbocycles. The number of piperidine rings is 1. The number of amides is 2. The monoisotopic (exact) mass is 358 g/mol.